The summed E-state index contributed by atoms with van der Waals surface area (Å²) in [5, 5.41) is 3.57. The van der Waals surface area contributed by atoms with Crippen LogP contribution < -0.4 is 10.2 Å². The van der Waals surface area contributed by atoms with E-state index in [0.29, 0.717) is 19.3 Å². The highest BCUT2D eigenvalue weighted by Gasteiger charge is 2.40. The summed E-state index contributed by atoms with van der Waals surface area (Å²) in [6.07, 6.45) is 6.21. The molecule has 0 unspecified atom stereocenters. The number of carbonyl (C=O) groups excluding carboxylic acids is 1. The van der Waals surface area contributed by atoms with Crippen LogP contribution in [-0.2, 0) is 14.3 Å². The zero-order chi connectivity index (χ0) is 21.8. The van der Waals surface area contributed by atoms with Gasteiger partial charge in [0.15, 0.2) is 0 Å². The van der Waals surface area contributed by atoms with Crippen LogP contribution in [-0.4, -0.2) is 69.5 Å². The maximum atomic E-state index is 12.4. The average molecular weight is 430 g/mol. The SMILES string of the molecule is COC(=O)C1(CCNc2ccc(N3CC[C@H](N4CCC[C@@H]4C)C3)cc2C)CCOCC1. The van der Waals surface area contributed by atoms with Crippen molar-refractivity contribution in [2.75, 3.05) is 56.7 Å². The zero-order valence-electron chi connectivity index (χ0n) is 19.5. The molecule has 0 aliphatic carbocycles. The number of hydrogen-bond acceptors (Lipinski definition) is 6. The lowest BCUT2D eigenvalue weighted by atomic mass is 9.77. The molecule has 3 aliphatic rings. The quantitative estimate of drug-likeness (QED) is 0.665. The van der Waals surface area contributed by atoms with Crippen molar-refractivity contribution in [2.45, 2.75) is 64.5 Å². The molecule has 0 amide bonds. The topological polar surface area (TPSA) is 54.0 Å². The summed E-state index contributed by atoms with van der Waals surface area (Å²) in [6, 6.07) is 8.19. The van der Waals surface area contributed by atoms with Crippen LogP contribution >= 0.6 is 0 Å². The van der Waals surface area contributed by atoms with E-state index in [1.807, 2.05) is 0 Å². The van der Waals surface area contributed by atoms with Gasteiger partial charge in [0.1, 0.15) is 0 Å². The molecule has 0 bridgehead atoms. The van der Waals surface area contributed by atoms with Crippen LogP contribution in [0.3, 0.4) is 0 Å². The minimum atomic E-state index is -0.412. The van der Waals surface area contributed by atoms with Crippen LogP contribution in [0.25, 0.3) is 0 Å². The van der Waals surface area contributed by atoms with E-state index >= 15 is 0 Å². The van der Waals surface area contributed by atoms with Gasteiger partial charge < -0.3 is 19.7 Å². The van der Waals surface area contributed by atoms with Crippen molar-refractivity contribution in [2.24, 2.45) is 5.41 Å². The molecular weight excluding hydrogens is 390 g/mol. The average Bonchev–Trinajstić information content (AvgIpc) is 3.44. The number of benzene rings is 1. The summed E-state index contributed by atoms with van der Waals surface area (Å²) in [5.74, 6) is -0.0967. The van der Waals surface area contributed by atoms with E-state index < -0.39 is 5.41 Å². The van der Waals surface area contributed by atoms with E-state index in [9.17, 15) is 4.79 Å². The molecule has 6 nitrogen and oxygen atoms in total. The summed E-state index contributed by atoms with van der Waals surface area (Å²) in [7, 11) is 1.49. The molecule has 4 rings (SSSR count). The number of rotatable bonds is 7. The Morgan fingerprint density at radius 3 is 2.74 bits per heavy atom. The first-order valence-electron chi connectivity index (χ1n) is 12.0. The van der Waals surface area contributed by atoms with Crippen molar-refractivity contribution >= 4 is 17.3 Å². The van der Waals surface area contributed by atoms with Crippen LogP contribution in [0.4, 0.5) is 11.4 Å². The van der Waals surface area contributed by atoms with Gasteiger partial charge in [0, 0.05) is 56.3 Å². The van der Waals surface area contributed by atoms with Gasteiger partial charge in [-0.3, -0.25) is 9.69 Å². The first-order chi connectivity index (χ1) is 15.0. The second-order valence-electron chi connectivity index (χ2n) is 9.68. The van der Waals surface area contributed by atoms with E-state index in [-0.39, 0.29) is 5.97 Å². The van der Waals surface area contributed by atoms with Gasteiger partial charge in [-0.1, -0.05) is 0 Å². The molecule has 172 valence electrons. The fourth-order valence-electron chi connectivity index (χ4n) is 5.76. The Balaban J connectivity index is 1.33. The van der Waals surface area contributed by atoms with Gasteiger partial charge in [0.2, 0.25) is 0 Å². The zero-order valence-corrected chi connectivity index (χ0v) is 19.5. The third-order valence-electron chi connectivity index (χ3n) is 7.80. The number of esters is 1. The number of aryl methyl sites for hydroxylation is 1. The van der Waals surface area contributed by atoms with Gasteiger partial charge in [-0.25, -0.2) is 0 Å². The number of likely N-dealkylation sites (tertiary alicyclic amines) is 1. The molecular formula is C25H39N3O3. The fraction of sp³-hybridized carbons (Fsp3) is 0.720. The molecule has 1 aromatic rings. The number of ether oxygens (including phenoxy) is 2. The largest absolute Gasteiger partial charge is 0.469 e. The van der Waals surface area contributed by atoms with Crippen molar-refractivity contribution in [3.05, 3.63) is 23.8 Å². The molecule has 2 atom stereocenters. The van der Waals surface area contributed by atoms with Gasteiger partial charge in [-0.05, 0) is 82.7 Å². The highest BCUT2D eigenvalue weighted by Crippen LogP contribution is 2.36. The Morgan fingerprint density at radius 2 is 2.06 bits per heavy atom. The van der Waals surface area contributed by atoms with Crippen molar-refractivity contribution in [1.82, 2.24) is 4.90 Å². The van der Waals surface area contributed by atoms with E-state index in [4.69, 9.17) is 9.47 Å². The Morgan fingerprint density at radius 1 is 1.26 bits per heavy atom. The van der Waals surface area contributed by atoms with Gasteiger partial charge >= 0.3 is 5.97 Å². The second kappa shape index (κ2) is 9.78. The minimum absolute atomic E-state index is 0.0967. The Hall–Kier alpha value is -1.79. The van der Waals surface area contributed by atoms with Crippen LogP contribution in [0.5, 0.6) is 0 Å². The minimum Gasteiger partial charge on any atom is -0.469 e. The van der Waals surface area contributed by atoms with Crippen molar-refractivity contribution < 1.29 is 14.3 Å². The second-order valence-corrected chi connectivity index (χ2v) is 9.68. The fourth-order valence-corrected chi connectivity index (χ4v) is 5.76. The van der Waals surface area contributed by atoms with Crippen molar-refractivity contribution in [3.8, 4) is 0 Å². The smallest absolute Gasteiger partial charge is 0.312 e. The van der Waals surface area contributed by atoms with Crippen LogP contribution in [0.1, 0.15) is 51.0 Å². The van der Waals surface area contributed by atoms with Gasteiger partial charge in [-0.15, -0.1) is 0 Å². The summed E-state index contributed by atoms with van der Waals surface area (Å²) >= 11 is 0. The number of nitrogens with zero attached hydrogens (tertiary/aromatic N) is 2. The Labute approximate surface area is 187 Å². The normalized spacial score (nSPS) is 26.2. The van der Waals surface area contributed by atoms with Crippen LogP contribution in [0.15, 0.2) is 18.2 Å². The van der Waals surface area contributed by atoms with Gasteiger partial charge in [0.05, 0.1) is 12.5 Å². The molecule has 31 heavy (non-hydrogen) atoms. The predicted octanol–water partition coefficient (Wildman–Crippen LogP) is 3.83. The molecule has 0 aromatic heterocycles. The lowest BCUT2D eigenvalue weighted by molar-refractivity contribution is -0.159. The predicted molar refractivity (Wildman–Crippen MR) is 125 cm³/mol. The first kappa shape index (κ1) is 22.4. The molecule has 3 aliphatic heterocycles. The Bertz CT molecular complexity index is 762. The van der Waals surface area contributed by atoms with Crippen LogP contribution in [0.2, 0.25) is 0 Å². The van der Waals surface area contributed by atoms with Gasteiger partial charge in [-0.2, -0.15) is 0 Å². The number of hydrogen-bond donors (Lipinski definition) is 1. The molecule has 3 heterocycles. The van der Waals surface area contributed by atoms with E-state index in [1.54, 1.807) is 0 Å². The third-order valence-corrected chi connectivity index (χ3v) is 7.80. The molecule has 0 radical (unpaired) electrons. The third kappa shape index (κ3) is 4.85. The molecule has 1 N–H and O–H groups in total. The van der Waals surface area contributed by atoms with Crippen molar-refractivity contribution in [3.63, 3.8) is 0 Å². The first-order valence-corrected chi connectivity index (χ1v) is 12.0. The maximum absolute atomic E-state index is 12.4. The van der Waals surface area contributed by atoms with Crippen molar-refractivity contribution in [1.29, 1.82) is 0 Å². The number of methoxy groups -OCH3 is 1. The number of nitrogens with one attached hydrogen (secondary N) is 1. The standard InChI is InChI=1S/C25H39N3O3/c1-19-17-21(27-14-8-22(18-27)28-13-4-5-20(28)2)6-7-23(19)26-12-9-25(24(29)30-3)10-15-31-16-11-25/h6-7,17,20,22,26H,4-5,8-16,18H2,1-3H3/t20-,22-/m0/s1. The molecule has 1 aromatic carbocycles. The highest BCUT2D eigenvalue weighted by atomic mass is 16.5. The molecule has 0 spiro atoms. The van der Waals surface area contributed by atoms with Gasteiger partial charge in [0.25, 0.3) is 0 Å². The van der Waals surface area contributed by atoms with Crippen LogP contribution in [0, 0.1) is 12.3 Å². The number of anilines is 2. The summed E-state index contributed by atoms with van der Waals surface area (Å²) in [5.41, 5.74) is 3.33. The molecule has 0 saturated carbocycles. The lowest BCUT2D eigenvalue weighted by Crippen LogP contribution is -2.39. The summed E-state index contributed by atoms with van der Waals surface area (Å²) in [4.78, 5) is 17.7. The highest BCUT2D eigenvalue weighted by molar-refractivity contribution is 5.77. The van der Waals surface area contributed by atoms with E-state index in [1.165, 1.54) is 44.2 Å². The molecule has 6 heteroatoms. The molecule has 3 saturated heterocycles. The molecule has 3 fully saturated rings. The summed E-state index contributed by atoms with van der Waals surface area (Å²) < 4.78 is 10.6. The van der Waals surface area contributed by atoms with E-state index in [2.05, 4.69) is 47.2 Å². The number of carbonyl (C=O) groups is 1. The lowest BCUT2D eigenvalue weighted by Gasteiger charge is -2.34. The monoisotopic (exact) mass is 429 g/mol. The van der Waals surface area contributed by atoms with E-state index in [0.717, 1.165) is 50.6 Å². The Kier molecular flexibility index (Phi) is 7.07. The maximum Gasteiger partial charge on any atom is 0.312 e. The summed E-state index contributed by atoms with van der Waals surface area (Å²) in [6.45, 7) is 10.1.